The van der Waals surface area contributed by atoms with Crippen molar-refractivity contribution < 1.29 is 19.4 Å². The van der Waals surface area contributed by atoms with E-state index >= 15 is 0 Å². The smallest absolute Gasteiger partial charge is 0.336 e. The number of carboxylic acids is 1. The van der Waals surface area contributed by atoms with Crippen molar-refractivity contribution in [2.75, 3.05) is 13.1 Å². The largest absolute Gasteiger partial charge is 0.486 e. The lowest BCUT2D eigenvalue weighted by Crippen LogP contribution is -2.39. The highest BCUT2D eigenvalue weighted by atomic mass is 32.1. The van der Waals surface area contributed by atoms with Crippen molar-refractivity contribution in [1.29, 1.82) is 0 Å². The summed E-state index contributed by atoms with van der Waals surface area (Å²) in [5.41, 5.74) is 1.50. The summed E-state index contributed by atoms with van der Waals surface area (Å²) in [5, 5.41) is 15.5. The Bertz CT molecular complexity index is 1570. The minimum Gasteiger partial charge on any atom is -0.486 e. The van der Waals surface area contributed by atoms with Gasteiger partial charge in [-0.25, -0.2) is 14.8 Å². The van der Waals surface area contributed by atoms with Gasteiger partial charge < -0.3 is 14.7 Å². The van der Waals surface area contributed by atoms with Crippen LogP contribution in [0.25, 0.3) is 21.1 Å². The van der Waals surface area contributed by atoms with Crippen molar-refractivity contribution in [1.82, 2.24) is 24.6 Å². The SMILES string of the molecule is O=C(O)c1cc(C(=O)N2CCC(n3cccn3)CC2)nc2ccc(OCc3nc4ccccc4s3)cc12. The van der Waals surface area contributed by atoms with Crippen LogP contribution in [-0.2, 0) is 6.61 Å². The van der Waals surface area contributed by atoms with Gasteiger partial charge in [-0.05, 0) is 55.3 Å². The predicted octanol–water partition coefficient (Wildman–Crippen LogP) is 4.80. The molecule has 186 valence electrons. The van der Waals surface area contributed by atoms with E-state index in [0.717, 1.165) is 28.1 Å². The first kappa shape index (κ1) is 23.1. The molecule has 0 bridgehead atoms. The molecule has 0 spiro atoms. The van der Waals surface area contributed by atoms with E-state index in [4.69, 9.17) is 4.74 Å². The number of benzene rings is 2. The minimum absolute atomic E-state index is 0.0187. The number of fused-ring (bicyclic) bond motifs is 2. The number of piperidine rings is 1. The van der Waals surface area contributed by atoms with E-state index in [1.54, 1.807) is 40.6 Å². The van der Waals surface area contributed by atoms with Gasteiger partial charge in [0.05, 0.1) is 27.3 Å². The van der Waals surface area contributed by atoms with Crippen LogP contribution >= 0.6 is 11.3 Å². The van der Waals surface area contributed by atoms with Crippen LogP contribution in [0.1, 0.15) is 44.7 Å². The van der Waals surface area contributed by atoms with Crippen molar-refractivity contribution in [2.24, 2.45) is 0 Å². The fourth-order valence-electron chi connectivity index (χ4n) is 4.70. The summed E-state index contributed by atoms with van der Waals surface area (Å²) in [4.78, 5) is 36.2. The second-order valence-electron chi connectivity index (χ2n) is 8.91. The van der Waals surface area contributed by atoms with Crippen LogP contribution in [0.2, 0.25) is 0 Å². The summed E-state index contributed by atoms with van der Waals surface area (Å²) < 4.78 is 8.93. The maximum atomic E-state index is 13.2. The highest BCUT2D eigenvalue weighted by Crippen LogP contribution is 2.28. The molecule has 3 aromatic heterocycles. The van der Waals surface area contributed by atoms with Gasteiger partial charge in [0, 0.05) is 30.9 Å². The quantitative estimate of drug-likeness (QED) is 0.347. The average molecular weight is 514 g/mol. The van der Waals surface area contributed by atoms with E-state index in [2.05, 4.69) is 15.1 Å². The van der Waals surface area contributed by atoms with Gasteiger partial charge in [0.2, 0.25) is 0 Å². The maximum Gasteiger partial charge on any atom is 0.336 e. The normalized spacial score (nSPS) is 14.3. The van der Waals surface area contributed by atoms with E-state index in [-0.39, 0.29) is 29.8 Å². The lowest BCUT2D eigenvalue weighted by Gasteiger charge is -2.32. The summed E-state index contributed by atoms with van der Waals surface area (Å²) in [5.74, 6) is -0.877. The molecule has 4 heterocycles. The molecule has 1 N–H and O–H groups in total. The fraction of sp³-hybridized carbons (Fsp3) is 0.222. The molecule has 2 aromatic carbocycles. The molecule has 6 rings (SSSR count). The highest BCUT2D eigenvalue weighted by molar-refractivity contribution is 7.18. The molecule has 1 fully saturated rings. The van der Waals surface area contributed by atoms with Crippen molar-refractivity contribution >= 4 is 44.3 Å². The first-order valence-electron chi connectivity index (χ1n) is 12.0. The van der Waals surface area contributed by atoms with Crippen LogP contribution in [0.15, 0.2) is 67.0 Å². The third-order valence-corrected chi connectivity index (χ3v) is 7.59. The number of hydrogen-bond acceptors (Lipinski definition) is 7. The van der Waals surface area contributed by atoms with Crippen molar-refractivity contribution in [3.63, 3.8) is 0 Å². The number of aromatic carboxylic acids is 1. The number of nitrogens with zero attached hydrogens (tertiary/aromatic N) is 5. The second-order valence-corrected chi connectivity index (χ2v) is 10.0. The lowest BCUT2D eigenvalue weighted by atomic mass is 10.0. The van der Waals surface area contributed by atoms with Gasteiger partial charge in [-0.1, -0.05) is 12.1 Å². The van der Waals surface area contributed by atoms with E-state index in [1.807, 2.05) is 41.2 Å². The van der Waals surface area contributed by atoms with Crippen molar-refractivity contribution in [3.8, 4) is 5.75 Å². The predicted molar refractivity (Wildman–Crippen MR) is 139 cm³/mol. The van der Waals surface area contributed by atoms with Crippen LogP contribution < -0.4 is 4.74 Å². The number of amides is 1. The summed E-state index contributed by atoms with van der Waals surface area (Å²) >= 11 is 1.56. The van der Waals surface area contributed by atoms with Crippen molar-refractivity contribution in [3.05, 3.63) is 83.3 Å². The Morgan fingerprint density at radius 1 is 1.03 bits per heavy atom. The average Bonchev–Trinajstić information content (AvgIpc) is 3.61. The van der Waals surface area contributed by atoms with Gasteiger partial charge >= 0.3 is 5.97 Å². The molecular weight excluding hydrogens is 490 g/mol. The number of carbonyl (C=O) groups excluding carboxylic acids is 1. The lowest BCUT2D eigenvalue weighted by molar-refractivity contribution is 0.0684. The Morgan fingerprint density at radius 3 is 2.62 bits per heavy atom. The Morgan fingerprint density at radius 2 is 1.86 bits per heavy atom. The highest BCUT2D eigenvalue weighted by Gasteiger charge is 2.27. The number of hydrogen-bond donors (Lipinski definition) is 1. The molecule has 10 heteroatoms. The molecule has 1 amide bonds. The van der Waals surface area contributed by atoms with E-state index in [0.29, 0.717) is 29.7 Å². The van der Waals surface area contributed by atoms with Crippen LogP contribution in [0.3, 0.4) is 0 Å². The second kappa shape index (κ2) is 9.62. The number of carboxylic acid groups (broad SMARTS) is 1. The first-order chi connectivity index (χ1) is 18.0. The number of likely N-dealkylation sites (tertiary alicyclic amines) is 1. The molecule has 0 unspecified atom stereocenters. The van der Waals surface area contributed by atoms with Crippen LogP contribution in [0.5, 0.6) is 5.75 Å². The Labute approximate surface area is 216 Å². The number of pyridine rings is 1. The molecule has 1 aliphatic rings. The molecule has 0 radical (unpaired) electrons. The van der Waals surface area contributed by atoms with E-state index in [9.17, 15) is 14.7 Å². The van der Waals surface area contributed by atoms with Crippen LogP contribution in [0, 0.1) is 0 Å². The Kier molecular flexibility index (Phi) is 6.01. The molecule has 37 heavy (non-hydrogen) atoms. The molecule has 0 saturated carbocycles. The third kappa shape index (κ3) is 4.63. The van der Waals surface area contributed by atoms with Gasteiger partial charge in [-0.2, -0.15) is 5.10 Å². The zero-order chi connectivity index (χ0) is 25.4. The van der Waals surface area contributed by atoms with Crippen LogP contribution in [0.4, 0.5) is 0 Å². The number of rotatable bonds is 6. The van der Waals surface area contributed by atoms with E-state index < -0.39 is 5.97 Å². The minimum atomic E-state index is -1.12. The van der Waals surface area contributed by atoms with Crippen molar-refractivity contribution in [2.45, 2.75) is 25.5 Å². The summed E-state index contributed by atoms with van der Waals surface area (Å²) in [6.45, 7) is 1.39. The number of thiazole rings is 1. The molecule has 9 nitrogen and oxygen atoms in total. The van der Waals surface area contributed by atoms with Gasteiger partial charge in [-0.3, -0.25) is 9.48 Å². The molecule has 1 saturated heterocycles. The zero-order valence-corrected chi connectivity index (χ0v) is 20.6. The maximum absolute atomic E-state index is 13.2. The Hall–Kier alpha value is -4.31. The monoisotopic (exact) mass is 513 g/mol. The molecule has 0 atom stereocenters. The van der Waals surface area contributed by atoms with Gasteiger partial charge in [-0.15, -0.1) is 11.3 Å². The zero-order valence-electron chi connectivity index (χ0n) is 19.8. The molecule has 0 aliphatic carbocycles. The molecule has 5 aromatic rings. The molecule has 1 aliphatic heterocycles. The molecular formula is C27H23N5O4S. The van der Waals surface area contributed by atoms with Gasteiger partial charge in [0.1, 0.15) is 23.1 Å². The van der Waals surface area contributed by atoms with Gasteiger partial charge in [0.25, 0.3) is 5.91 Å². The number of ether oxygens (including phenoxy) is 1. The standard InChI is InChI=1S/C27H23N5O4S/c33-26(31-12-8-17(9-13-31)32-11-3-10-28-32)23-15-20(27(34)35)19-14-18(6-7-21(19)29-23)36-16-25-30-22-4-1-2-5-24(22)37-25/h1-7,10-11,14-15,17H,8-9,12-13,16H2,(H,34,35). The number of carbonyl (C=O) groups is 2. The van der Waals surface area contributed by atoms with Crippen LogP contribution in [-0.4, -0.2) is 54.7 Å². The van der Waals surface area contributed by atoms with Gasteiger partial charge in [0.15, 0.2) is 0 Å². The number of aromatic nitrogens is 4. The first-order valence-corrected chi connectivity index (χ1v) is 12.8. The topological polar surface area (TPSA) is 110 Å². The number of para-hydroxylation sites is 1. The summed E-state index contributed by atoms with van der Waals surface area (Å²) in [6.07, 6.45) is 5.24. The third-order valence-electron chi connectivity index (χ3n) is 6.58. The fourth-order valence-corrected chi connectivity index (χ4v) is 5.58. The van der Waals surface area contributed by atoms with E-state index in [1.165, 1.54) is 6.07 Å². The Balaban J connectivity index is 1.21. The summed E-state index contributed by atoms with van der Waals surface area (Å²) in [6, 6.07) is 16.5. The summed E-state index contributed by atoms with van der Waals surface area (Å²) in [7, 11) is 0.